The number of pyridine rings is 1. The second kappa shape index (κ2) is 5.92. The van der Waals surface area contributed by atoms with E-state index in [0.717, 1.165) is 29.6 Å². The van der Waals surface area contributed by atoms with Gasteiger partial charge in [0.1, 0.15) is 0 Å². The van der Waals surface area contributed by atoms with Crippen LogP contribution in [0.3, 0.4) is 0 Å². The van der Waals surface area contributed by atoms with Crippen molar-refractivity contribution in [3.63, 3.8) is 0 Å². The predicted octanol–water partition coefficient (Wildman–Crippen LogP) is 2.88. The third-order valence-corrected chi connectivity index (χ3v) is 4.68. The van der Waals surface area contributed by atoms with E-state index in [9.17, 15) is 0 Å². The van der Waals surface area contributed by atoms with Gasteiger partial charge in [0.05, 0.1) is 22.9 Å². The minimum absolute atomic E-state index is 0.152. The average molecular weight is 329 g/mol. The summed E-state index contributed by atoms with van der Waals surface area (Å²) < 4.78 is 0. The van der Waals surface area contributed by atoms with E-state index in [2.05, 4.69) is 42.3 Å². The van der Waals surface area contributed by atoms with E-state index in [1.165, 1.54) is 17.7 Å². The standard InChI is InChI=1S/C17H23N5S/c1-17(2,3)11-4-5-13-10(6-11)7-14-15(21-13)8-12(20-14)9-19-22-16(18)23/h7-9,11,20H,4-6H2,1-3H3,(H3,18,22,23)/b19-9+. The smallest absolute Gasteiger partial charge is 0.184 e. The van der Waals surface area contributed by atoms with Gasteiger partial charge in [-0.3, -0.25) is 10.4 Å². The molecule has 0 aliphatic heterocycles. The van der Waals surface area contributed by atoms with Crippen LogP contribution < -0.4 is 11.2 Å². The lowest BCUT2D eigenvalue weighted by Gasteiger charge is -2.34. The van der Waals surface area contributed by atoms with Crippen molar-refractivity contribution in [2.75, 3.05) is 0 Å². The fourth-order valence-corrected chi connectivity index (χ4v) is 3.26. The summed E-state index contributed by atoms with van der Waals surface area (Å²) in [6, 6.07) is 4.24. The molecule has 1 unspecified atom stereocenters. The Morgan fingerprint density at radius 2 is 2.26 bits per heavy atom. The van der Waals surface area contributed by atoms with Crippen LogP contribution in [0.15, 0.2) is 17.2 Å². The molecule has 0 saturated heterocycles. The topological polar surface area (TPSA) is 79.1 Å². The van der Waals surface area contributed by atoms with E-state index in [0.29, 0.717) is 11.3 Å². The number of nitrogens with one attached hydrogen (secondary N) is 2. The van der Waals surface area contributed by atoms with Crippen molar-refractivity contribution >= 4 is 34.6 Å². The SMILES string of the molecule is CC(C)(C)C1CCc2nc3cc(/C=N/NC(N)=S)[nH]c3cc2C1. The molecular formula is C17H23N5S. The van der Waals surface area contributed by atoms with Crippen molar-refractivity contribution in [2.24, 2.45) is 22.2 Å². The largest absolute Gasteiger partial charge is 0.375 e. The maximum atomic E-state index is 5.35. The number of hydrazone groups is 1. The third-order valence-electron chi connectivity index (χ3n) is 4.59. The number of hydrogen-bond acceptors (Lipinski definition) is 3. The van der Waals surface area contributed by atoms with Crippen LogP contribution in [0.25, 0.3) is 11.0 Å². The first kappa shape index (κ1) is 15.9. The van der Waals surface area contributed by atoms with Crippen molar-refractivity contribution in [2.45, 2.75) is 40.0 Å². The quantitative estimate of drug-likeness (QED) is 0.450. The van der Waals surface area contributed by atoms with Gasteiger partial charge in [0.25, 0.3) is 0 Å². The molecule has 23 heavy (non-hydrogen) atoms. The van der Waals surface area contributed by atoms with Crippen LogP contribution in [0.4, 0.5) is 0 Å². The Morgan fingerprint density at radius 3 is 2.96 bits per heavy atom. The van der Waals surface area contributed by atoms with Crippen LogP contribution in [0.2, 0.25) is 0 Å². The van der Waals surface area contributed by atoms with Crippen molar-refractivity contribution in [1.82, 2.24) is 15.4 Å². The van der Waals surface area contributed by atoms with Crippen LogP contribution in [-0.2, 0) is 12.8 Å². The number of H-pyrrole nitrogens is 1. The Bertz CT molecular complexity index is 769. The predicted molar refractivity (Wildman–Crippen MR) is 98.6 cm³/mol. The number of aryl methyl sites for hydroxylation is 1. The van der Waals surface area contributed by atoms with Gasteiger partial charge in [0.2, 0.25) is 0 Å². The number of aromatic amines is 1. The molecule has 0 aromatic carbocycles. The van der Waals surface area contributed by atoms with Crippen LogP contribution in [-0.4, -0.2) is 21.3 Å². The van der Waals surface area contributed by atoms with Crippen LogP contribution >= 0.6 is 12.2 Å². The summed E-state index contributed by atoms with van der Waals surface area (Å²) in [5.41, 5.74) is 13.8. The Morgan fingerprint density at radius 1 is 1.48 bits per heavy atom. The summed E-state index contributed by atoms with van der Waals surface area (Å²) in [6.07, 6.45) is 5.04. The monoisotopic (exact) mass is 329 g/mol. The van der Waals surface area contributed by atoms with Gasteiger partial charge in [-0.15, -0.1) is 0 Å². The molecule has 4 N–H and O–H groups in total. The second-order valence-corrected chi connectivity index (χ2v) is 7.73. The van der Waals surface area contributed by atoms with Gasteiger partial charge in [0, 0.05) is 5.69 Å². The molecule has 0 fully saturated rings. The number of nitrogens with two attached hydrogens (primary N) is 1. The zero-order valence-electron chi connectivity index (χ0n) is 13.8. The van der Waals surface area contributed by atoms with Gasteiger partial charge in [-0.2, -0.15) is 5.10 Å². The lowest BCUT2D eigenvalue weighted by atomic mass is 9.71. The number of fused-ring (bicyclic) bond motifs is 2. The molecule has 5 nitrogen and oxygen atoms in total. The number of thiocarbonyl (C=S) groups is 1. The van der Waals surface area contributed by atoms with Crippen molar-refractivity contribution in [3.05, 3.63) is 29.1 Å². The Hall–Kier alpha value is -1.95. The Balaban J connectivity index is 1.88. The summed E-state index contributed by atoms with van der Waals surface area (Å²) >= 11 is 4.72. The van der Waals surface area contributed by atoms with E-state index in [-0.39, 0.29) is 5.11 Å². The maximum absolute atomic E-state index is 5.35. The molecule has 1 atom stereocenters. The highest BCUT2D eigenvalue weighted by Gasteiger charge is 2.29. The second-order valence-electron chi connectivity index (χ2n) is 7.29. The zero-order valence-corrected chi connectivity index (χ0v) is 14.6. The fourth-order valence-electron chi connectivity index (χ4n) is 3.20. The molecule has 3 rings (SSSR count). The van der Waals surface area contributed by atoms with Crippen LogP contribution in [0, 0.1) is 11.3 Å². The first-order valence-corrected chi connectivity index (χ1v) is 8.34. The summed E-state index contributed by atoms with van der Waals surface area (Å²) in [5.74, 6) is 0.708. The molecule has 0 saturated carbocycles. The van der Waals surface area contributed by atoms with Gasteiger partial charge in [-0.1, -0.05) is 20.8 Å². The molecule has 1 aliphatic rings. The summed E-state index contributed by atoms with van der Waals surface area (Å²) in [4.78, 5) is 8.17. The number of nitrogens with zero attached hydrogens (tertiary/aromatic N) is 2. The normalized spacial score (nSPS) is 18.3. The van der Waals surface area contributed by atoms with Gasteiger partial charge in [-0.25, -0.2) is 0 Å². The van der Waals surface area contributed by atoms with Gasteiger partial charge < -0.3 is 10.7 Å². The van der Waals surface area contributed by atoms with E-state index >= 15 is 0 Å². The van der Waals surface area contributed by atoms with Gasteiger partial charge >= 0.3 is 0 Å². The van der Waals surface area contributed by atoms with Crippen LogP contribution in [0.1, 0.15) is 44.1 Å². The first-order valence-electron chi connectivity index (χ1n) is 7.93. The Kier molecular flexibility index (Phi) is 4.10. The lowest BCUT2D eigenvalue weighted by molar-refractivity contribution is 0.215. The minimum atomic E-state index is 0.152. The lowest BCUT2D eigenvalue weighted by Crippen LogP contribution is -2.27. The molecule has 0 amide bonds. The molecule has 0 radical (unpaired) electrons. The third kappa shape index (κ3) is 3.52. The number of hydrogen-bond donors (Lipinski definition) is 3. The maximum Gasteiger partial charge on any atom is 0.184 e. The highest BCUT2D eigenvalue weighted by molar-refractivity contribution is 7.80. The molecule has 0 spiro atoms. The number of rotatable bonds is 2. The number of aromatic nitrogens is 2. The van der Waals surface area contributed by atoms with E-state index < -0.39 is 0 Å². The summed E-state index contributed by atoms with van der Waals surface area (Å²) in [5, 5.41) is 4.13. The molecule has 6 heteroatoms. The molecular weight excluding hydrogens is 306 g/mol. The fraction of sp³-hybridized carbons (Fsp3) is 0.471. The average Bonchev–Trinajstić information content (AvgIpc) is 2.84. The molecule has 2 aromatic rings. The molecule has 2 aromatic heterocycles. The molecule has 1 aliphatic carbocycles. The molecule has 122 valence electrons. The highest BCUT2D eigenvalue weighted by Crippen LogP contribution is 2.37. The van der Waals surface area contributed by atoms with Gasteiger partial charge in [0.15, 0.2) is 5.11 Å². The first-order chi connectivity index (χ1) is 10.8. The van der Waals surface area contributed by atoms with Crippen LogP contribution in [0.5, 0.6) is 0 Å². The van der Waals surface area contributed by atoms with Crippen molar-refractivity contribution < 1.29 is 0 Å². The van der Waals surface area contributed by atoms with Crippen molar-refractivity contribution in [1.29, 1.82) is 0 Å². The van der Waals surface area contributed by atoms with Crippen molar-refractivity contribution in [3.8, 4) is 0 Å². The van der Waals surface area contributed by atoms with E-state index in [4.69, 9.17) is 22.9 Å². The Labute approximate surface area is 141 Å². The minimum Gasteiger partial charge on any atom is -0.375 e. The zero-order chi connectivity index (χ0) is 16.6. The molecule has 2 heterocycles. The summed E-state index contributed by atoms with van der Waals surface area (Å²) in [7, 11) is 0. The molecule has 0 bridgehead atoms. The van der Waals surface area contributed by atoms with E-state index in [1.807, 2.05) is 6.07 Å². The van der Waals surface area contributed by atoms with Gasteiger partial charge in [-0.05, 0) is 60.5 Å². The summed E-state index contributed by atoms with van der Waals surface area (Å²) in [6.45, 7) is 6.98. The van der Waals surface area contributed by atoms with E-state index in [1.54, 1.807) is 6.21 Å². The highest BCUT2D eigenvalue weighted by atomic mass is 32.1.